The molecule has 122 valence electrons. The molecule has 7 heteroatoms. The Morgan fingerprint density at radius 3 is 2.36 bits per heavy atom. The maximum absolute atomic E-state index is 12.3. The maximum atomic E-state index is 12.3. The summed E-state index contributed by atoms with van der Waals surface area (Å²) >= 11 is 0. The molecule has 2 aliphatic heterocycles. The summed E-state index contributed by atoms with van der Waals surface area (Å²) < 4.78 is 0. The number of hydrogen-bond acceptors (Lipinski definition) is 5. The summed E-state index contributed by atoms with van der Waals surface area (Å²) in [4.78, 5) is 37.7. The summed E-state index contributed by atoms with van der Waals surface area (Å²) in [6, 6.07) is 0. The van der Waals surface area contributed by atoms with Crippen molar-refractivity contribution in [2.45, 2.75) is 31.8 Å². The molecule has 4 atom stereocenters. The number of carbonyl (C=O) groups excluding carboxylic acids is 3. The minimum atomic E-state index is -0.460. The van der Waals surface area contributed by atoms with Crippen LogP contribution in [0, 0.1) is 17.8 Å². The lowest BCUT2D eigenvalue weighted by atomic mass is 9.81. The highest BCUT2D eigenvalue weighted by molar-refractivity contribution is 6.07. The van der Waals surface area contributed by atoms with Crippen molar-refractivity contribution in [3.63, 3.8) is 0 Å². The van der Waals surface area contributed by atoms with Gasteiger partial charge < -0.3 is 15.7 Å². The summed E-state index contributed by atoms with van der Waals surface area (Å²) in [6.07, 6.45) is 3.01. The lowest BCUT2D eigenvalue weighted by Crippen LogP contribution is -2.43. The first kappa shape index (κ1) is 15.4. The van der Waals surface area contributed by atoms with Gasteiger partial charge in [-0.1, -0.05) is 12.8 Å². The fourth-order valence-corrected chi connectivity index (χ4v) is 3.76. The van der Waals surface area contributed by atoms with E-state index in [1.807, 2.05) is 0 Å². The van der Waals surface area contributed by atoms with Crippen LogP contribution in [-0.2, 0) is 14.4 Å². The quantitative estimate of drug-likeness (QED) is 0.570. The van der Waals surface area contributed by atoms with E-state index in [-0.39, 0.29) is 42.0 Å². The van der Waals surface area contributed by atoms with Gasteiger partial charge in [-0.25, -0.2) is 0 Å². The predicted molar refractivity (Wildman–Crippen MR) is 77.5 cm³/mol. The smallest absolute Gasteiger partial charge is 0.240 e. The Hall–Kier alpha value is -1.47. The van der Waals surface area contributed by atoms with Gasteiger partial charge in [0.15, 0.2) is 0 Å². The number of β-amino-alcohol motifs (C(OH)–C–C–N with tert-alkyl or cyclic N) is 1. The van der Waals surface area contributed by atoms with Gasteiger partial charge in [0.1, 0.15) is 6.54 Å². The minimum absolute atomic E-state index is 0.0171. The summed E-state index contributed by atoms with van der Waals surface area (Å²) in [5, 5.41) is 15.4. The molecule has 22 heavy (non-hydrogen) atoms. The number of aliphatic hydroxyl groups is 1. The van der Waals surface area contributed by atoms with Crippen molar-refractivity contribution in [2.24, 2.45) is 17.8 Å². The van der Waals surface area contributed by atoms with E-state index in [2.05, 4.69) is 10.6 Å². The van der Waals surface area contributed by atoms with Crippen molar-refractivity contribution in [3.8, 4) is 0 Å². The number of hydrogen-bond donors (Lipinski definition) is 3. The second-order valence-electron chi connectivity index (χ2n) is 6.55. The van der Waals surface area contributed by atoms with Gasteiger partial charge in [0.25, 0.3) is 0 Å². The van der Waals surface area contributed by atoms with Gasteiger partial charge in [-0.05, 0) is 12.8 Å². The molecule has 3 fully saturated rings. The Bertz CT molecular complexity index is 457. The molecule has 0 aromatic heterocycles. The Balaban J connectivity index is 1.52. The molecule has 7 nitrogen and oxygen atoms in total. The third-order valence-electron chi connectivity index (χ3n) is 5.10. The SMILES string of the molecule is O=C(CN1C(=O)C2CCCCC2C1=O)NCC1CNCC1O. The van der Waals surface area contributed by atoms with Crippen molar-refractivity contribution < 1.29 is 19.5 Å². The number of nitrogens with one attached hydrogen (secondary N) is 2. The Morgan fingerprint density at radius 2 is 1.82 bits per heavy atom. The summed E-state index contributed by atoms with van der Waals surface area (Å²) in [5.41, 5.74) is 0. The normalized spacial score (nSPS) is 34.9. The molecular formula is C15H23N3O4. The van der Waals surface area contributed by atoms with Crippen molar-refractivity contribution in [1.29, 1.82) is 0 Å². The topological polar surface area (TPSA) is 98.7 Å². The second-order valence-corrected chi connectivity index (χ2v) is 6.55. The molecule has 3 aliphatic rings. The third-order valence-corrected chi connectivity index (χ3v) is 5.10. The molecule has 0 radical (unpaired) electrons. The fraction of sp³-hybridized carbons (Fsp3) is 0.800. The van der Waals surface area contributed by atoms with Crippen LogP contribution in [0.3, 0.4) is 0 Å². The maximum Gasteiger partial charge on any atom is 0.240 e. The lowest BCUT2D eigenvalue weighted by molar-refractivity contribution is -0.143. The van der Waals surface area contributed by atoms with Crippen molar-refractivity contribution in [3.05, 3.63) is 0 Å². The molecular weight excluding hydrogens is 286 g/mol. The molecule has 0 aromatic rings. The van der Waals surface area contributed by atoms with E-state index in [4.69, 9.17) is 0 Å². The summed E-state index contributed by atoms with van der Waals surface area (Å²) in [7, 11) is 0. The number of imide groups is 1. The van der Waals surface area contributed by atoms with E-state index < -0.39 is 6.10 Å². The van der Waals surface area contributed by atoms with E-state index in [0.29, 0.717) is 19.6 Å². The van der Waals surface area contributed by atoms with Crippen LogP contribution in [0.25, 0.3) is 0 Å². The summed E-state index contributed by atoms with van der Waals surface area (Å²) in [5.74, 6) is -1.15. The van der Waals surface area contributed by atoms with Gasteiger partial charge in [0, 0.05) is 25.6 Å². The van der Waals surface area contributed by atoms with Gasteiger partial charge in [-0.3, -0.25) is 19.3 Å². The van der Waals surface area contributed by atoms with Crippen LogP contribution in [-0.4, -0.2) is 60.0 Å². The van der Waals surface area contributed by atoms with E-state index in [1.165, 1.54) is 0 Å². The van der Waals surface area contributed by atoms with Gasteiger partial charge in [0.05, 0.1) is 17.9 Å². The molecule has 3 N–H and O–H groups in total. The largest absolute Gasteiger partial charge is 0.391 e. The number of aliphatic hydroxyl groups excluding tert-OH is 1. The van der Waals surface area contributed by atoms with Crippen LogP contribution in [0.1, 0.15) is 25.7 Å². The molecule has 0 spiro atoms. The molecule has 2 heterocycles. The lowest BCUT2D eigenvalue weighted by Gasteiger charge is -2.19. The fourth-order valence-electron chi connectivity index (χ4n) is 3.76. The number of nitrogens with zero attached hydrogens (tertiary/aromatic N) is 1. The molecule has 4 unspecified atom stereocenters. The van der Waals surface area contributed by atoms with E-state index in [0.717, 1.165) is 30.6 Å². The standard InChI is InChI=1S/C15H23N3O4/c19-12-7-16-5-9(12)6-17-13(20)8-18-14(21)10-3-1-2-4-11(10)15(18)22/h9-12,16,19H,1-8H2,(H,17,20). The van der Waals surface area contributed by atoms with E-state index in [1.54, 1.807) is 0 Å². The zero-order valence-corrected chi connectivity index (χ0v) is 12.6. The van der Waals surface area contributed by atoms with Gasteiger partial charge in [-0.15, -0.1) is 0 Å². The van der Waals surface area contributed by atoms with Crippen LogP contribution in [0.4, 0.5) is 0 Å². The van der Waals surface area contributed by atoms with Crippen LogP contribution in [0.15, 0.2) is 0 Å². The average molecular weight is 309 g/mol. The van der Waals surface area contributed by atoms with Crippen LogP contribution >= 0.6 is 0 Å². The number of fused-ring (bicyclic) bond motifs is 1. The molecule has 1 aliphatic carbocycles. The zero-order chi connectivity index (χ0) is 15.7. The monoisotopic (exact) mass is 309 g/mol. The van der Waals surface area contributed by atoms with Gasteiger partial charge in [-0.2, -0.15) is 0 Å². The van der Waals surface area contributed by atoms with Crippen LogP contribution in [0.2, 0.25) is 0 Å². The predicted octanol–water partition coefficient (Wildman–Crippen LogP) is -1.14. The van der Waals surface area contributed by atoms with E-state index >= 15 is 0 Å². The first-order valence-electron chi connectivity index (χ1n) is 8.08. The highest BCUT2D eigenvalue weighted by Gasteiger charge is 2.48. The average Bonchev–Trinajstić information content (AvgIpc) is 3.03. The Labute approximate surface area is 129 Å². The second kappa shape index (κ2) is 6.34. The van der Waals surface area contributed by atoms with Crippen molar-refractivity contribution >= 4 is 17.7 Å². The highest BCUT2D eigenvalue weighted by atomic mass is 16.3. The first-order chi connectivity index (χ1) is 10.6. The number of amides is 3. The van der Waals surface area contributed by atoms with Crippen molar-refractivity contribution in [1.82, 2.24) is 15.5 Å². The van der Waals surface area contributed by atoms with E-state index in [9.17, 15) is 19.5 Å². The third kappa shape index (κ3) is 2.87. The molecule has 0 aromatic carbocycles. The van der Waals surface area contributed by atoms with Crippen LogP contribution < -0.4 is 10.6 Å². The molecule has 2 saturated heterocycles. The molecule has 0 bridgehead atoms. The Morgan fingerprint density at radius 1 is 1.18 bits per heavy atom. The molecule has 3 rings (SSSR count). The molecule has 1 saturated carbocycles. The highest BCUT2D eigenvalue weighted by Crippen LogP contribution is 2.37. The minimum Gasteiger partial charge on any atom is -0.391 e. The van der Waals surface area contributed by atoms with Gasteiger partial charge >= 0.3 is 0 Å². The number of carbonyl (C=O) groups is 3. The zero-order valence-electron chi connectivity index (χ0n) is 12.6. The first-order valence-corrected chi connectivity index (χ1v) is 8.08. The van der Waals surface area contributed by atoms with Crippen LogP contribution in [0.5, 0.6) is 0 Å². The van der Waals surface area contributed by atoms with Gasteiger partial charge in [0.2, 0.25) is 17.7 Å². The van der Waals surface area contributed by atoms with Crippen molar-refractivity contribution in [2.75, 3.05) is 26.2 Å². The summed E-state index contributed by atoms with van der Waals surface area (Å²) in [6.45, 7) is 1.36. The Kier molecular flexibility index (Phi) is 4.44. The molecule has 3 amide bonds. The number of rotatable bonds is 4. The number of likely N-dealkylation sites (tertiary alicyclic amines) is 1.